The van der Waals surface area contributed by atoms with Crippen LogP contribution in [-0.2, 0) is 16.0 Å². The van der Waals surface area contributed by atoms with Crippen LogP contribution in [0.3, 0.4) is 0 Å². The number of alkyl halides is 2. The second-order valence-corrected chi connectivity index (χ2v) is 5.57. The largest absolute Gasteiger partial charge is 0.493 e. The van der Waals surface area contributed by atoms with E-state index in [1.165, 1.54) is 40.2 Å². The maximum Gasteiger partial charge on any atom is 0.326 e. The van der Waals surface area contributed by atoms with Crippen LogP contribution < -0.4 is 9.47 Å². The molecule has 0 aliphatic heterocycles. The normalized spacial score (nSPS) is 19.9. The number of benzene rings is 1. The molecule has 0 saturated carbocycles. The van der Waals surface area contributed by atoms with Crippen LogP contribution in [0.4, 0.5) is 8.78 Å². The van der Waals surface area contributed by atoms with Gasteiger partial charge in [-0.3, -0.25) is 9.59 Å². The van der Waals surface area contributed by atoms with E-state index in [0.29, 0.717) is 5.56 Å². The fourth-order valence-corrected chi connectivity index (χ4v) is 2.72. The molecule has 1 aliphatic carbocycles. The summed E-state index contributed by atoms with van der Waals surface area (Å²) in [5.74, 6) is -1.93. The molecule has 0 saturated heterocycles. The molecule has 126 valence electrons. The summed E-state index contributed by atoms with van der Waals surface area (Å²) in [5.41, 5.74) is -2.27. The highest BCUT2D eigenvalue weighted by Crippen LogP contribution is 2.48. The first-order valence-corrected chi connectivity index (χ1v) is 7.07. The van der Waals surface area contributed by atoms with Crippen molar-refractivity contribution in [1.82, 2.24) is 0 Å². The molecule has 0 amide bonds. The third-order valence-electron chi connectivity index (χ3n) is 3.81. The van der Waals surface area contributed by atoms with E-state index in [0.717, 1.165) is 0 Å². The number of ketones is 1. The Hall–Kier alpha value is -2.18. The molecule has 2 rings (SSSR count). The maximum absolute atomic E-state index is 13.7. The molecule has 23 heavy (non-hydrogen) atoms. The minimum Gasteiger partial charge on any atom is -0.493 e. The van der Waals surface area contributed by atoms with Gasteiger partial charge in [0, 0.05) is 6.42 Å². The average Bonchev–Trinajstić information content (AvgIpc) is 2.80. The lowest BCUT2D eigenvalue weighted by atomic mass is 9.84. The van der Waals surface area contributed by atoms with Crippen molar-refractivity contribution in [3.05, 3.63) is 23.3 Å². The van der Waals surface area contributed by atoms with Crippen molar-refractivity contribution in [2.45, 2.75) is 32.8 Å². The van der Waals surface area contributed by atoms with Gasteiger partial charge >= 0.3 is 5.97 Å². The van der Waals surface area contributed by atoms with Crippen LogP contribution in [0.5, 0.6) is 11.5 Å². The molecule has 1 atom stereocenters. The molecule has 7 heteroatoms. The van der Waals surface area contributed by atoms with Crippen LogP contribution in [0.1, 0.15) is 29.8 Å². The van der Waals surface area contributed by atoms with E-state index >= 15 is 0 Å². The van der Waals surface area contributed by atoms with Crippen molar-refractivity contribution < 1.29 is 32.6 Å². The second-order valence-electron chi connectivity index (χ2n) is 5.57. The SMILES string of the molecule is COc1ccc2c(c1OC)C(=O)C(C(=O)OC(C)C)(C(F)F)C2. The molecule has 1 unspecified atom stereocenters. The monoisotopic (exact) mass is 328 g/mol. The highest BCUT2D eigenvalue weighted by molar-refractivity contribution is 6.18. The Bertz CT molecular complexity index is 642. The predicted molar refractivity (Wildman–Crippen MR) is 77.2 cm³/mol. The van der Waals surface area contributed by atoms with Crippen molar-refractivity contribution in [3.63, 3.8) is 0 Å². The minimum absolute atomic E-state index is 0.0483. The Morgan fingerprint density at radius 3 is 2.35 bits per heavy atom. The minimum atomic E-state index is -3.19. The highest BCUT2D eigenvalue weighted by atomic mass is 19.3. The number of rotatable bonds is 5. The summed E-state index contributed by atoms with van der Waals surface area (Å²) < 4.78 is 42.6. The lowest BCUT2D eigenvalue weighted by Gasteiger charge is -2.25. The zero-order valence-corrected chi connectivity index (χ0v) is 13.3. The number of hydrogen-bond donors (Lipinski definition) is 0. The summed E-state index contributed by atoms with van der Waals surface area (Å²) in [6.07, 6.45) is -4.22. The Morgan fingerprint density at radius 1 is 1.22 bits per heavy atom. The maximum atomic E-state index is 13.7. The predicted octanol–water partition coefficient (Wildman–Crippen LogP) is 2.65. The van der Waals surface area contributed by atoms with E-state index in [1.807, 2.05) is 0 Å². The van der Waals surface area contributed by atoms with Gasteiger partial charge in [-0.1, -0.05) is 6.07 Å². The lowest BCUT2D eigenvalue weighted by molar-refractivity contribution is -0.164. The fraction of sp³-hybridized carbons (Fsp3) is 0.500. The van der Waals surface area contributed by atoms with Crippen LogP contribution in [0, 0.1) is 5.41 Å². The van der Waals surface area contributed by atoms with Gasteiger partial charge < -0.3 is 14.2 Å². The van der Waals surface area contributed by atoms with Crippen LogP contribution in [0.2, 0.25) is 0 Å². The number of halogens is 2. The smallest absolute Gasteiger partial charge is 0.326 e. The van der Waals surface area contributed by atoms with Crippen LogP contribution in [0.15, 0.2) is 12.1 Å². The summed E-state index contributed by atoms with van der Waals surface area (Å²) in [6.45, 7) is 3.07. The molecule has 0 radical (unpaired) electrons. The number of fused-ring (bicyclic) bond motifs is 1. The Balaban J connectivity index is 2.59. The average molecular weight is 328 g/mol. The zero-order valence-electron chi connectivity index (χ0n) is 13.3. The molecule has 1 aromatic carbocycles. The van der Waals surface area contributed by atoms with Gasteiger partial charge in [-0.05, 0) is 25.5 Å². The van der Waals surface area contributed by atoms with Crippen molar-refractivity contribution in [3.8, 4) is 11.5 Å². The lowest BCUT2D eigenvalue weighted by Crippen LogP contribution is -2.45. The molecule has 0 N–H and O–H groups in total. The van der Waals surface area contributed by atoms with Gasteiger partial charge in [0.05, 0.1) is 25.9 Å². The summed E-state index contributed by atoms with van der Waals surface area (Å²) in [5, 5.41) is 0. The summed E-state index contributed by atoms with van der Waals surface area (Å²) in [7, 11) is 2.68. The third-order valence-corrected chi connectivity index (χ3v) is 3.81. The molecular weight excluding hydrogens is 310 g/mol. The summed E-state index contributed by atoms with van der Waals surface area (Å²) in [6, 6.07) is 3.00. The Morgan fingerprint density at radius 2 is 1.87 bits per heavy atom. The standard InChI is InChI=1S/C16H18F2O5/c1-8(2)23-15(20)16(14(17)18)7-9-5-6-10(21-3)12(22-4)11(9)13(16)19/h5-6,8,14H,7H2,1-4H3. The van der Waals surface area contributed by atoms with Gasteiger partial charge in [0.1, 0.15) is 0 Å². The van der Waals surface area contributed by atoms with E-state index in [2.05, 4.69) is 0 Å². The molecule has 0 spiro atoms. The van der Waals surface area contributed by atoms with Gasteiger partial charge in [-0.2, -0.15) is 0 Å². The van der Waals surface area contributed by atoms with Gasteiger partial charge in [-0.15, -0.1) is 0 Å². The zero-order chi connectivity index (χ0) is 17.4. The van der Waals surface area contributed by atoms with Gasteiger partial charge in [0.15, 0.2) is 22.7 Å². The molecule has 1 aliphatic rings. The molecule has 1 aromatic rings. The Labute approximate surface area is 132 Å². The molecule has 5 nitrogen and oxygen atoms in total. The Kier molecular flexibility index (Phi) is 4.58. The quantitative estimate of drug-likeness (QED) is 0.614. The number of carbonyl (C=O) groups excluding carboxylic acids is 2. The van der Waals surface area contributed by atoms with Crippen molar-refractivity contribution in [2.75, 3.05) is 14.2 Å². The van der Waals surface area contributed by atoms with Crippen molar-refractivity contribution in [2.24, 2.45) is 5.41 Å². The number of carbonyl (C=O) groups is 2. The molecule has 0 heterocycles. The number of esters is 1. The second kappa shape index (κ2) is 6.14. The number of hydrogen-bond acceptors (Lipinski definition) is 5. The van der Waals surface area contributed by atoms with Crippen LogP contribution in [0.25, 0.3) is 0 Å². The fourth-order valence-electron chi connectivity index (χ4n) is 2.72. The van der Waals surface area contributed by atoms with Crippen LogP contribution >= 0.6 is 0 Å². The van der Waals surface area contributed by atoms with E-state index in [9.17, 15) is 18.4 Å². The van der Waals surface area contributed by atoms with E-state index in [-0.39, 0.29) is 17.1 Å². The van der Waals surface area contributed by atoms with E-state index < -0.39 is 36.1 Å². The first kappa shape index (κ1) is 17.2. The molecule has 0 aromatic heterocycles. The number of methoxy groups -OCH3 is 2. The molecular formula is C16H18F2O5. The van der Waals surface area contributed by atoms with Crippen LogP contribution in [-0.4, -0.2) is 38.5 Å². The van der Waals surface area contributed by atoms with Crippen molar-refractivity contribution >= 4 is 11.8 Å². The van der Waals surface area contributed by atoms with E-state index in [1.54, 1.807) is 0 Å². The van der Waals surface area contributed by atoms with Gasteiger partial charge in [0.2, 0.25) is 0 Å². The van der Waals surface area contributed by atoms with E-state index in [4.69, 9.17) is 14.2 Å². The number of Topliss-reactive ketones (excluding diaryl/α,β-unsaturated/α-hetero) is 1. The topological polar surface area (TPSA) is 61.8 Å². The van der Waals surface area contributed by atoms with Crippen molar-refractivity contribution in [1.29, 1.82) is 0 Å². The number of ether oxygens (including phenoxy) is 3. The molecule has 0 fully saturated rings. The van der Waals surface area contributed by atoms with Gasteiger partial charge in [0.25, 0.3) is 6.43 Å². The first-order valence-electron chi connectivity index (χ1n) is 7.07. The highest BCUT2D eigenvalue weighted by Gasteiger charge is 2.60. The first-order chi connectivity index (χ1) is 10.8. The summed E-state index contributed by atoms with van der Waals surface area (Å²) in [4.78, 5) is 25.0. The molecule has 0 bridgehead atoms. The van der Waals surface area contributed by atoms with Gasteiger partial charge in [-0.25, -0.2) is 8.78 Å². The third kappa shape index (κ3) is 2.54. The summed E-state index contributed by atoms with van der Waals surface area (Å²) >= 11 is 0.